The van der Waals surface area contributed by atoms with E-state index in [4.69, 9.17) is 0 Å². The van der Waals surface area contributed by atoms with Crippen LogP contribution in [-0.4, -0.2) is 17.3 Å². The second-order valence-corrected chi connectivity index (χ2v) is 6.35. The lowest BCUT2D eigenvalue weighted by Gasteiger charge is -2.09. The fourth-order valence-corrected chi connectivity index (χ4v) is 3.44. The summed E-state index contributed by atoms with van der Waals surface area (Å²) < 4.78 is 40.1. The summed E-state index contributed by atoms with van der Waals surface area (Å²) in [7, 11) is 0. The van der Waals surface area contributed by atoms with E-state index in [1.165, 1.54) is 34.8 Å². The number of anilines is 1. The highest BCUT2D eigenvalue weighted by atomic mass is 32.1. The number of rotatable bonds is 4. The van der Waals surface area contributed by atoms with E-state index >= 15 is 0 Å². The van der Waals surface area contributed by atoms with Crippen LogP contribution in [0.1, 0.15) is 10.5 Å². The number of thiazole rings is 1. The average molecular weight is 370 g/mol. The summed E-state index contributed by atoms with van der Waals surface area (Å²) in [6, 6.07) is 8.70. The maximum atomic E-state index is 12.1. The Balaban J connectivity index is 1.66. The molecule has 0 aliphatic heterocycles. The van der Waals surface area contributed by atoms with Gasteiger partial charge in [-0.3, -0.25) is 4.79 Å². The number of nitrogens with one attached hydrogen (secondary N) is 1. The van der Waals surface area contributed by atoms with Gasteiger partial charge in [-0.25, -0.2) is 4.98 Å². The Bertz CT molecular complexity index is 827. The van der Waals surface area contributed by atoms with Crippen molar-refractivity contribution in [2.45, 2.75) is 6.36 Å². The molecule has 1 N–H and O–H groups in total. The molecule has 4 nitrogen and oxygen atoms in total. The number of alkyl halides is 3. The molecule has 2 aromatic heterocycles. The minimum Gasteiger partial charge on any atom is -0.406 e. The SMILES string of the molecule is O=C(Nc1ccc(OC(F)(F)F)cc1)c1csc(-c2cccs2)n1. The van der Waals surface area contributed by atoms with Crippen LogP contribution in [0.3, 0.4) is 0 Å². The number of carbonyl (C=O) groups excluding carboxylic acids is 1. The monoisotopic (exact) mass is 370 g/mol. The largest absolute Gasteiger partial charge is 0.573 e. The van der Waals surface area contributed by atoms with Crippen molar-refractivity contribution in [2.24, 2.45) is 0 Å². The van der Waals surface area contributed by atoms with Crippen molar-refractivity contribution < 1.29 is 22.7 Å². The maximum Gasteiger partial charge on any atom is 0.573 e. The highest BCUT2D eigenvalue weighted by molar-refractivity contribution is 7.20. The standard InChI is InChI=1S/C15H9F3N2O2S2/c16-15(17,18)22-10-5-3-9(4-6-10)19-13(21)11-8-24-14(20-11)12-2-1-7-23-12/h1-8H,(H,19,21). The van der Waals surface area contributed by atoms with Gasteiger partial charge in [0.25, 0.3) is 5.91 Å². The summed E-state index contributed by atoms with van der Waals surface area (Å²) in [6.45, 7) is 0. The van der Waals surface area contributed by atoms with Crippen LogP contribution in [0.2, 0.25) is 0 Å². The quantitative estimate of drug-likeness (QED) is 0.701. The second-order valence-electron chi connectivity index (χ2n) is 4.54. The van der Waals surface area contributed by atoms with E-state index in [1.807, 2.05) is 17.5 Å². The van der Waals surface area contributed by atoms with E-state index in [0.717, 1.165) is 22.0 Å². The molecule has 0 saturated heterocycles. The van der Waals surface area contributed by atoms with E-state index in [-0.39, 0.29) is 11.4 Å². The topological polar surface area (TPSA) is 51.2 Å². The number of hydrogen-bond donors (Lipinski definition) is 1. The van der Waals surface area contributed by atoms with E-state index < -0.39 is 12.3 Å². The van der Waals surface area contributed by atoms with Crippen molar-refractivity contribution in [2.75, 3.05) is 5.32 Å². The summed E-state index contributed by atoms with van der Waals surface area (Å²) in [4.78, 5) is 17.4. The van der Waals surface area contributed by atoms with E-state index in [2.05, 4.69) is 15.0 Å². The molecule has 0 atom stereocenters. The Morgan fingerprint density at radius 2 is 1.88 bits per heavy atom. The molecule has 0 saturated carbocycles. The maximum absolute atomic E-state index is 12.1. The molecule has 0 fully saturated rings. The number of aromatic nitrogens is 1. The Morgan fingerprint density at radius 3 is 2.50 bits per heavy atom. The molecule has 1 amide bonds. The summed E-state index contributed by atoms with van der Waals surface area (Å²) in [5.41, 5.74) is 0.596. The van der Waals surface area contributed by atoms with Gasteiger partial charge in [-0.2, -0.15) is 0 Å². The lowest BCUT2D eigenvalue weighted by molar-refractivity contribution is -0.274. The Labute approximate surface area is 142 Å². The molecular weight excluding hydrogens is 361 g/mol. The number of ether oxygens (including phenoxy) is 1. The zero-order chi connectivity index (χ0) is 17.2. The Hall–Kier alpha value is -2.39. The molecular formula is C15H9F3N2O2S2. The van der Waals surface area contributed by atoms with Crippen LogP contribution in [0, 0.1) is 0 Å². The third kappa shape index (κ3) is 4.12. The number of benzene rings is 1. The van der Waals surface area contributed by atoms with Crippen molar-refractivity contribution in [3.63, 3.8) is 0 Å². The molecule has 3 aromatic rings. The lowest BCUT2D eigenvalue weighted by Crippen LogP contribution is -2.17. The van der Waals surface area contributed by atoms with E-state index in [0.29, 0.717) is 5.69 Å². The first kappa shape index (κ1) is 16.5. The average Bonchev–Trinajstić information content (AvgIpc) is 3.18. The van der Waals surface area contributed by atoms with Crippen molar-refractivity contribution in [3.05, 3.63) is 52.9 Å². The Morgan fingerprint density at radius 1 is 1.12 bits per heavy atom. The third-order valence-corrected chi connectivity index (χ3v) is 4.70. The predicted octanol–water partition coefficient (Wildman–Crippen LogP) is 5.02. The van der Waals surface area contributed by atoms with Gasteiger partial charge in [0.15, 0.2) is 0 Å². The molecule has 0 bridgehead atoms. The summed E-state index contributed by atoms with van der Waals surface area (Å²) in [5.74, 6) is -0.785. The first-order chi connectivity index (χ1) is 11.4. The van der Waals surface area contributed by atoms with Crippen LogP contribution < -0.4 is 10.1 Å². The zero-order valence-electron chi connectivity index (χ0n) is 11.8. The van der Waals surface area contributed by atoms with Gasteiger partial charge in [-0.1, -0.05) is 6.07 Å². The van der Waals surface area contributed by atoms with Crippen LogP contribution in [0.25, 0.3) is 9.88 Å². The van der Waals surface area contributed by atoms with Gasteiger partial charge in [0.05, 0.1) is 4.88 Å². The van der Waals surface area contributed by atoms with Gasteiger partial charge in [0, 0.05) is 11.1 Å². The van der Waals surface area contributed by atoms with E-state index in [1.54, 1.807) is 5.38 Å². The molecule has 124 valence electrons. The summed E-state index contributed by atoms with van der Waals surface area (Å²) in [6.07, 6.45) is -4.75. The Kier molecular flexibility index (Phi) is 4.54. The predicted molar refractivity (Wildman–Crippen MR) is 86.5 cm³/mol. The van der Waals surface area contributed by atoms with Crippen molar-refractivity contribution >= 4 is 34.3 Å². The number of halogens is 3. The van der Waals surface area contributed by atoms with Gasteiger partial charge in [-0.05, 0) is 35.7 Å². The number of carbonyl (C=O) groups is 1. The molecule has 0 unspecified atom stereocenters. The van der Waals surface area contributed by atoms with Crippen molar-refractivity contribution in [3.8, 4) is 15.6 Å². The van der Waals surface area contributed by atoms with Gasteiger partial charge in [0.1, 0.15) is 16.5 Å². The van der Waals surface area contributed by atoms with Crippen LogP contribution in [-0.2, 0) is 0 Å². The molecule has 24 heavy (non-hydrogen) atoms. The van der Waals surface area contributed by atoms with Crippen LogP contribution >= 0.6 is 22.7 Å². The molecule has 3 rings (SSSR count). The number of thiophene rings is 1. The molecule has 1 aromatic carbocycles. The van der Waals surface area contributed by atoms with Crippen molar-refractivity contribution in [1.29, 1.82) is 0 Å². The molecule has 0 spiro atoms. The lowest BCUT2D eigenvalue weighted by atomic mass is 10.3. The first-order valence-electron chi connectivity index (χ1n) is 6.57. The zero-order valence-corrected chi connectivity index (χ0v) is 13.5. The minimum absolute atomic E-state index is 0.249. The van der Waals surface area contributed by atoms with Gasteiger partial charge >= 0.3 is 6.36 Å². The van der Waals surface area contributed by atoms with Crippen LogP contribution in [0.4, 0.5) is 18.9 Å². The first-order valence-corrected chi connectivity index (χ1v) is 8.33. The third-order valence-electron chi connectivity index (χ3n) is 2.81. The second kappa shape index (κ2) is 6.62. The normalized spacial score (nSPS) is 11.3. The van der Waals surface area contributed by atoms with E-state index in [9.17, 15) is 18.0 Å². The highest BCUT2D eigenvalue weighted by Gasteiger charge is 2.30. The number of amides is 1. The molecule has 0 aliphatic rings. The fourth-order valence-electron chi connectivity index (χ4n) is 1.83. The molecule has 0 aliphatic carbocycles. The summed E-state index contributed by atoms with van der Waals surface area (Å²) in [5, 5.41) is 6.87. The molecule has 0 radical (unpaired) electrons. The van der Waals surface area contributed by atoms with Crippen LogP contribution in [0.15, 0.2) is 47.2 Å². The smallest absolute Gasteiger partial charge is 0.406 e. The number of hydrogen-bond acceptors (Lipinski definition) is 5. The van der Waals surface area contributed by atoms with Crippen molar-refractivity contribution in [1.82, 2.24) is 4.98 Å². The van der Waals surface area contributed by atoms with Gasteiger partial charge in [-0.15, -0.1) is 35.8 Å². The molecule has 2 heterocycles. The van der Waals surface area contributed by atoms with Gasteiger partial charge < -0.3 is 10.1 Å². The fraction of sp³-hybridized carbons (Fsp3) is 0.0667. The van der Waals surface area contributed by atoms with Crippen LogP contribution in [0.5, 0.6) is 5.75 Å². The van der Waals surface area contributed by atoms with Gasteiger partial charge in [0.2, 0.25) is 0 Å². The minimum atomic E-state index is -4.75. The molecule has 9 heteroatoms. The summed E-state index contributed by atoms with van der Waals surface area (Å²) >= 11 is 2.87. The highest BCUT2D eigenvalue weighted by Crippen LogP contribution is 2.28. The number of nitrogens with zero attached hydrogens (tertiary/aromatic N) is 1.